The Morgan fingerprint density at radius 3 is 2.14 bits per heavy atom. The molecule has 1 unspecified atom stereocenters. The maximum atomic E-state index is 9.54. The van der Waals surface area contributed by atoms with Gasteiger partial charge in [0.05, 0.1) is 19.3 Å². The van der Waals surface area contributed by atoms with E-state index in [1.54, 1.807) is 0 Å². The molecular formula is C16H34O6. The molecular weight excluding hydrogens is 288 g/mol. The first kappa shape index (κ1) is 21.8. The topological polar surface area (TPSA) is 88.4 Å². The van der Waals surface area contributed by atoms with Crippen LogP contribution in [0.4, 0.5) is 0 Å². The van der Waals surface area contributed by atoms with Crippen LogP contribution in [0.25, 0.3) is 0 Å². The molecule has 0 heterocycles. The quantitative estimate of drug-likeness (QED) is 0.312. The molecule has 0 fully saturated rings. The fourth-order valence-electron chi connectivity index (χ4n) is 2.12. The number of aliphatic hydroxyl groups excluding tert-OH is 3. The molecule has 0 rings (SSSR count). The molecule has 0 amide bonds. The van der Waals surface area contributed by atoms with Crippen LogP contribution >= 0.6 is 0 Å². The van der Waals surface area contributed by atoms with Gasteiger partial charge in [-0.3, -0.25) is 0 Å². The second-order valence-corrected chi connectivity index (χ2v) is 5.55. The van der Waals surface area contributed by atoms with Crippen LogP contribution in [-0.2, 0) is 14.2 Å². The standard InChI is InChI=1S/C16H34O6/c1-4-5-6-7-8-9-10-21-13(2)15(12-18)22-16(20-3)14(19)11-17/h13-19H,4-12H2,1-3H3/t13-,14+,15?,16-/m0/s1. The molecule has 6 nitrogen and oxygen atoms in total. The first-order chi connectivity index (χ1) is 10.6. The molecule has 0 saturated carbocycles. The van der Waals surface area contributed by atoms with Crippen LogP contribution in [-0.4, -0.2) is 66.9 Å². The third-order valence-electron chi connectivity index (χ3n) is 3.62. The van der Waals surface area contributed by atoms with Crippen LogP contribution in [0.5, 0.6) is 0 Å². The van der Waals surface area contributed by atoms with E-state index in [2.05, 4.69) is 6.92 Å². The summed E-state index contributed by atoms with van der Waals surface area (Å²) in [5.41, 5.74) is 0. The molecule has 3 N–H and O–H groups in total. The molecule has 0 aromatic rings. The Bertz CT molecular complexity index is 239. The van der Waals surface area contributed by atoms with Gasteiger partial charge in [-0.1, -0.05) is 39.0 Å². The highest BCUT2D eigenvalue weighted by molar-refractivity contribution is 4.69. The van der Waals surface area contributed by atoms with Crippen molar-refractivity contribution in [1.29, 1.82) is 0 Å². The van der Waals surface area contributed by atoms with Crippen molar-refractivity contribution in [1.82, 2.24) is 0 Å². The number of hydrogen-bond donors (Lipinski definition) is 3. The molecule has 4 atom stereocenters. The van der Waals surface area contributed by atoms with Crippen molar-refractivity contribution in [2.24, 2.45) is 0 Å². The highest BCUT2D eigenvalue weighted by atomic mass is 16.7. The highest BCUT2D eigenvalue weighted by Crippen LogP contribution is 2.12. The minimum atomic E-state index is -1.15. The Balaban J connectivity index is 3.95. The van der Waals surface area contributed by atoms with Gasteiger partial charge in [-0.15, -0.1) is 0 Å². The van der Waals surface area contributed by atoms with Crippen LogP contribution in [0.1, 0.15) is 52.4 Å². The van der Waals surface area contributed by atoms with Crippen molar-refractivity contribution in [2.45, 2.75) is 77.0 Å². The largest absolute Gasteiger partial charge is 0.394 e. The Morgan fingerprint density at radius 2 is 1.59 bits per heavy atom. The van der Waals surface area contributed by atoms with Gasteiger partial charge in [0.15, 0.2) is 6.29 Å². The smallest absolute Gasteiger partial charge is 0.185 e. The monoisotopic (exact) mass is 322 g/mol. The lowest BCUT2D eigenvalue weighted by Gasteiger charge is -2.29. The summed E-state index contributed by atoms with van der Waals surface area (Å²) in [4.78, 5) is 0. The van der Waals surface area contributed by atoms with Crippen LogP contribution in [0.3, 0.4) is 0 Å². The number of rotatable bonds is 15. The molecule has 0 aliphatic carbocycles. The molecule has 22 heavy (non-hydrogen) atoms. The van der Waals surface area contributed by atoms with Crippen LogP contribution in [0.2, 0.25) is 0 Å². The number of ether oxygens (including phenoxy) is 3. The van der Waals surface area contributed by atoms with E-state index in [0.29, 0.717) is 6.61 Å². The van der Waals surface area contributed by atoms with Gasteiger partial charge >= 0.3 is 0 Å². The van der Waals surface area contributed by atoms with Gasteiger partial charge in [-0.25, -0.2) is 0 Å². The average Bonchev–Trinajstić information content (AvgIpc) is 2.54. The maximum absolute atomic E-state index is 9.54. The summed E-state index contributed by atoms with van der Waals surface area (Å²) >= 11 is 0. The third kappa shape index (κ3) is 9.71. The molecule has 0 saturated heterocycles. The lowest BCUT2D eigenvalue weighted by molar-refractivity contribution is -0.234. The number of aliphatic hydroxyl groups is 3. The van der Waals surface area contributed by atoms with Crippen molar-refractivity contribution >= 4 is 0 Å². The van der Waals surface area contributed by atoms with Crippen molar-refractivity contribution < 1.29 is 29.5 Å². The summed E-state index contributed by atoms with van der Waals surface area (Å²) in [5.74, 6) is 0. The Morgan fingerprint density at radius 1 is 0.955 bits per heavy atom. The van der Waals surface area contributed by atoms with Gasteiger partial charge in [0, 0.05) is 13.7 Å². The molecule has 0 aromatic carbocycles. The molecule has 0 aromatic heterocycles. The Hall–Kier alpha value is -0.240. The van der Waals surface area contributed by atoms with E-state index in [1.165, 1.54) is 32.8 Å². The lowest BCUT2D eigenvalue weighted by Crippen LogP contribution is -2.42. The van der Waals surface area contributed by atoms with E-state index in [-0.39, 0.29) is 12.7 Å². The van der Waals surface area contributed by atoms with E-state index in [9.17, 15) is 10.2 Å². The second-order valence-electron chi connectivity index (χ2n) is 5.55. The zero-order valence-corrected chi connectivity index (χ0v) is 14.2. The minimum absolute atomic E-state index is 0.240. The van der Waals surface area contributed by atoms with Gasteiger partial charge in [-0.05, 0) is 13.3 Å². The van der Waals surface area contributed by atoms with Gasteiger partial charge in [0.25, 0.3) is 0 Å². The fourth-order valence-corrected chi connectivity index (χ4v) is 2.12. The molecule has 0 aliphatic heterocycles. The van der Waals surface area contributed by atoms with Crippen LogP contribution in [0.15, 0.2) is 0 Å². The Kier molecular flexibility index (Phi) is 14.2. The van der Waals surface area contributed by atoms with Crippen molar-refractivity contribution in [3.8, 4) is 0 Å². The van der Waals surface area contributed by atoms with E-state index in [4.69, 9.17) is 19.3 Å². The molecule has 0 spiro atoms. The first-order valence-electron chi connectivity index (χ1n) is 8.30. The van der Waals surface area contributed by atoms with E-state index in [1.807, 2.05) is 6.92 Å². The number of methoxy groups -OCH3 is 1. The maximum Gasteiger partial charge on any atom is 0.185 e. The second kappa shape index (κ2) is 14.4. The van der Waals surface area contributed by atoms with E-state index in [0.717, 1.165) is 12.8 Å². The lowest BCUT2D eigenvalue weighted by atomic mass is 10.1. The zero-order valence-electron chi connectivity index (χ0n) is 14.2. The van der Waals surface area contributed by atoms with Crippen molar-refractivity contribution in [2.75, 3.05) is 26.9 Å². The molecule has 0 radical (unpaired) electrons. The predicted octanol–water partition coefficient (Wildman–Crippen LogP) is 1.46. The van der Waals surface area contributed by atoms with Gasteiger partial charge in [0.2, 0.25) is 0 Å². The number of unbranched alkanes of at least 4 members (excludes halogenated alkanes) is 5. The average molecular weight is 322 g/mol. The molecule has 0 bridgehead atoms. The normalized spacial score (nSPS) is 17.2. The third-order valence-corrected chi connectivity index (χ3v) is 3.62. The predicted molar refractivity (Wildman–Crippen MR) is 84.6 cm³/mol. The molecule has 134 valence electrons. The minimum Gasteiger partial charge on any atom is -0.394 e. The van der Waals surface area contributed by atoms with Gasteiger partial charge in [0.1, 0.15) is 12.2 Å². The summed E-state index contributed by atoms with van der Waals surface area (Å²) in [6.07, 6.45) is 4.08. The van der Waals surface area contributed by atoms with Crippen LogP contribution < -0.4 is 0 Å². The first-order valence-corrected chi connectivity index (χ1v) is 8.30. The van der Waals surface area contributed by atoms with Crippen molar-refractivity contribution in [3.63, 3.8) is 0 Å². The summed E-state index contributed by atoms with van der Waals surface area (Å²) in [5, 5.41) is 27.8. The molecule has 0 aliphatic rings. The number of hydrogen-bond acceptors (Lipinski definition) is 6. The summed E-state index contributed by atoms with van der Waals surface area (Å²) in [6, 6.07) is 0. The van der Waals surface area contributed by atoms with E-state index >= 15 is 0 Å². The summed E-state index contributed by atoms with van der Waals surface area (Å²) in [7, 11) is 1.37. The van der Waals surface area contributed by atoms with E-state index < -0.39 is 25.1 Å². The van der Waals surface area contributed by atoms with Gasteiger partial charge < -0.3 is 29.5 Å². The zero-order chi connectivity index (χ0) is 16.8. The van der Waals surface area contributed by atoms with Gasteiger partial charge in [-0.2, -0.15) is 0 Å². The summed E-state index contributed by atoms with van der Waals surface area (Å²) < 4.78 is 16.1. The Labute approximate surface area is 134 Å². The fraction of sp³-hybridized carbons (Fsp3) is 1.00. The molecule has 6 heteroatoms. The van der Waals surface area contributed by atoms with Crippen LogP contribution in [0, 0.1) is 0 Å². The van der Waals surface area contributed by atoms with Crippen molar-refractivity contribution in [3.05, 3.63) is 0 Å². The SMILES string of the molecule is CCCCCCCCO[C@@H](C)C(CO)O[C@H](OC)[C@H](O)CO. The highest BCUT2D eigenvalue weighted by Gasteiger charge is 2.26. The summed E-state index contributed by atoms with van der Waals surface area (Å²) in [6.45, 7) is 3.92.